The van der Waals surface area contributed by atoms with Crippen LogP contribution in [-0.2, 0) is 4.74 Å². The molecule has 2 saturated heterocycles. The van der Waals surface area contributed by atoms with Gasteiger partial charge in [-0.15, -0.1) is 0 Å². The molecule has 0 saturated carbocycles. The Bertz CT molecular complexity index is 1300. The van der Waals surface area contributed by atoms with Crippen LogP contribution in [0.2, 0.25) is 0 Å². The SMILES string of the molecule is COc1cc(C)c(C(=O)C2CC3CCC(C2)N3C(=O)OCC2c3ccccc3-c3ccccc32)c(C)c1. The number of amides is 1. The second kappa shape index (κ2) is 9.37. The number of aryl methyl sites for hydroxylation is 2. The summed E-state index contributed by atoms with van der Waals surface area (Å²) < 4.78 is 11.4. The molecule has 3 aliphatic rings. The van der Waals surface area contributed by atoms with Gasteiger partial charge in [-0.25, -0.2) is 4.79 Å². The molecule has 6 rings (SSSR count). The maximum Gasteiger partial charge on any atom is 0.410 e. The van der Waals surface area contributed by atoms with Crippen LogP contribution in [0, 0.1) is 19.8 Å². The van der Waals surface area contributed by atoms with Crippen molar-refractivity contribution in [2.24, 2.45) is 5.92 Å². The van der Waals surface area contributed by atoms with E-state index in [0.29, 0.717) is 19.4 Å². The van der Waals surface area contributed by atoms with Crippen LogP contribution in [0.4, 0.5) is 4.79 Å². The van der Waals surface area contributed by atoms with Crippen molar-refractivity contribution >= 4 is 11.9 Å². The summed E-state index contributed by atoms with van der Waals surface area (Å²) in [7, 11) is 1.65. The summed E-state index contributed by atoms with van der Waals surface area (Å²) in [5.41, 5.74) is 7.59. The first-order chi connectivity index (χ1) is 18.0. The van der Waals surface area contributed by atoms with Crippen LogP contribution < -0.4 is 4.74 Å². The summed E-state index contributed by atoms with van der Waals surface area (Å²) in [6, 6.07) is 20.8. The predicted octanol–water partition coefficient (Wildman–Crippen LogP) is 6.69. The van der Waals surface area contributed by atoms with Crippen LogP contribution in [0.25, 0.3) is 11.1 Å². The molecular formula is C32H33NO4. The standard InChI is InChI=1S/C32H33NO4/c1-19-14-24(36-3)15-20(2)30(19)31(34)21-16-22-12-13-23(17-21)33(22)32(35)37-18-29-27-10-6-4-8-25(27)26-9-5-7-11-28(26)29/h4-11,14-15,21-23,29H,12-13,16-18H2,1-3H3. The number of rotatable bonds is 5. The number of carbonyl (C=O) groups excluding carboxylic acids is 2. The first kappa shape index (κ1) is 23.8. The van der Waals surface area contributed by atoms with E-state index >= 15 is 0 Å². The van der Waals surface area contributed by atoms with Crippen molar-refractivity contribution in [3.8, 4) is 16.9 Å². The Kier molecular flexibility index (Phi) is 6.02. The Morgan fingerprint density at radius 1 is 0.865 bits per heavy atom. The lowest BCUT2D eigenvalue weighted by Crippen LogP contribution is -2.48. The molecular weight excluding hydrogens is 462 g/mol. The fourth-order valence-corrected chi connectivity index (χ4v) is 6.99. The quantitative estimate of drug-likeness (QED) is 0.370. The highest BCUT2D eigenvalue weighted by Crippen LogP contribution is 2.45. The summed E-state index contributed by atoms with van der Waals surface area (Å²) in [6.07, 6.45) is 3.02. The number of fused-ring (bicyclic) bond motifs is 5. The molecule has 5 nitrogen and oxygen atoms in total. The predicted molar refractivity (Wildman–Crippen MR) is 143 cm³/mol. The van der Waals surface area contributed by atoms with Gasteiger partial charge in [0, 0.05) is 29.5 Å². The number of piperidine rings is 1. The number of methoxy groups -OCH3 is 1. The van der Waals surface area contributed by atoms with E-state index < -0.39 is 0 Å². The minimum atomic E-state index is -0.239. The molecule has 0 aromatic heterocycles. The van der Waals surface area contributed by atoms with Gasteiger partial charge in [0.25, 0.3) is 0 Å². The summed E-state index contributed by atoms with van der Waals surface area (Å²) in [5.74, 6) is 0.952. The lowest BCUT2D eigenvalue weighted by atomic mass is 9.82. The minimum Gasteiger partial charge on any atom is -0.497 e. The van der Waals surface area contributed by atoms with E-state index in [4.69, 9.17) is 9.47 Å². The van der Waals surface area contributed by atoms with Crippen LogP contribution in [0.5, 0.6) is 5.75 Å². The first-order valence-corrected chi connectivity index (χ1v) is 13.3. The number of carbonyl (C=O) groups is 2. The zero-order chi connectivity index (χ0) is 25.7. The van der Waals surface area contributed by atoms with Gasteiger partial charge in [0.15, 0.2) is 5.78 Å². The largest absolute Gasteiger partial charge is 0.497 e. The molecule has 190 valence electrons. The van der Waals surface area contributed by atoms with Crippen molar-refractivity contribution in [1.29, 1.82) is 0 Å². The average molecular weight is 496 g/mol. The van der Waals surface area contributed by atoms with Gasteiger partial charge in [-0.2, -0.15) is 0 Å². The van der Waals surface area contributed by atoms with Gasteiger partial charge in [0.1, 0.15) is 12.4 Å². The van der Waals surface area contributed by atoms with Gasteiger partial charge in [-0.05, 0) is 85.0 Å². The summed E-state index contributed by atoms with van der Waals surface area (Å²) in [4.78, 5) is 28.9. The van der Waals surface area contributed by atoms with Crippen LogP contribution in [0.3, 0.4) is 0 Å². The van der Waals surface area contributed by atoms with Crippen molar-refractivity contribution in [2.75, 3.05) is 13.7 Å². The monoisotopic (exact) mass is 495 g/mol. The third-order valence-corrected chi connectivity index (χ3v) is 8.64. The molecule has 2 bridgehead atoms. The van der Waals surface area contributed by atoms with Gasteiger partial charge < -0.3 is 14.4 Å². The Morgan fingerprint density at radius 3 is 1.95 bits per heavy atom. The van der Waals surface area contributed by atoms with E-state index in [1.807, 2.05) is 43.0 Å². The van der Waals surface area contributed by atoms with Crippen LogP contribution in [0.15, 0.2) is 60.7 Å². The zero-order valence-corrected chi connectivity index (χ0v) is 21.7. The van der Waals surface area contributed by atoms with E-state index in [9.17, 15) is 9.59 Å². The first-order valence-electron chi connectivity index (χ1n) is 13.3. The molecule has 0 spiro atoms. The van der Waals surface area contributed by atoms with E-state index in [-0.39, 0.29) is 35.8 Å². The molecule has 0 N–H and O–H groups in total. The highest BCUT2D eigenvalue weighted by molar-refractivity contribution is 6.01. The normalized spacial score (nSPS) is 21.9. The molecule has 5 heteroatoms. The molecule has 2 aliphatic heterocycles. The number of hydrogen-bond acceptors (Lipinski definition) is 4. The van der Waals surface area contributed by atoms with Crippen molar-refractivity contribution in [1.82, 2.24) is 4.90 Å². The van der Waals surface area contributed by atoms with Gasteiger partial charge in [0.05, 0.1) is 7.11 Å². The number of benzene rings is 3. The average Bonchev–Trinajstić information content (AvgIpc) is 3.37. The third-order valence-electron chi connectivity index (χ3n) is 8.64. The fourth-order valence-electron chi connectivity index (χ4n) is 6.99. The maximum atomic E-state index is 13.6. The summed E-state index contributed by atoms with van der Waals surface area (Å²) >= 11 is 0. The second-order valence-electron chi connectivity index (χ2n) is 10.8. The molecule has 3 aromatic rings. The lowest BCUT2D eigenvalue weighted by Gasteiger charge is -2.38. The molecule has 1 aliphatic carbocycles. The lowest BCUT2D eigenvalue weighted by molar-refractivity contribution is 0.0505. The maximum absolute atomic E-state index is 13.6. The molecule has 37 heavy (non-hydrogen) atoms. The number of nitrogens with zero attached hydrogens (tertiary/aromatic N) is 1. The number of ketones is 1. The fraction of sp³-hybridized carbons (Fsp3) is 0.375. The summed E-state index contributed by atoms with van der Waals surface area (Å²) in [5, 5.41) is 0. The number of Topliss-reactive ketones (excluding diaryl/α,β-unsaturated/α-hetero) is 1. The Balaban J connectivity index is 1.15. The van der Waals surface area contributed by atoms with Crippen LogP contribution >= 0.6 is 0 Å². The number of hydrogen-bond donors (Lipinski definition) is 0. The van der Waals surface area contributed by atoms with Gasteiger partial charge in [0.2, 0.25) is 0 Å². The van der Waals surface area contributed by atoms with Crippen molar-refractivity contribution < 1.29 is 19.1 Å². The summed E-state index contributed by atoms with van der Waals surface area (Å²) in [6.45, 7) is 4.28. The highest BCUT2D eigenvalue weighted by Gasteiger charge is 2.46. The van der Waals surface area contributed by atoms with Gasteiger partial charge in [-0.1, -0.05) is 48.5 Å². The Morgan fingerprint density at radius 2 is 1.41 bits per heavy atom. The van der Waals surface area contributed by atoms with E-state index in [2.05, 4.69) is 36.4 Å². The Hall–Kier alpha value is -3.60. The smallest absolute Gasteiger partial charge is 0.410 e. The second-order valence-corrected chi connectivity index (χ2v) is 10.8. The van der Waals surface area contributed by atoms with Crippen LogP contribution in [-0.4, -0.2) is 42.6 Å². The van der Waals surface area contributed by atoms with Crippen molar-refractivity contribution in [3.05, 3.63) is 88.5 Å². The minimum absolute atomic E-state index is 0.0501. The number of ether oxygens (including phenoxy) is 2. The topological polar surface area (TPSA) is 55.8 Å². The molecule has 2 heterocycles. The van der Waals surface area contributed by atoms with E-state index in [0.717, 1.165) is 35.3 Å². The van der Waals surface area contributed by atoms with Gasteiger partial charge >= 0.3 is 6.09 Å². The molecule has 2 fully saturated rings. The molecule has 2 atom stereocenters. The van der Waals surface area contributed by atoms with Crippen molar-refractivity contribution in [3.63, 3.8) is 0 Å². The van der Waals surface area contributed by atoms with E-state index in [1.54, 1.807) is 7.11 Å². The highest BCUT2D eigenvalue weighted by atomic mass is 16.6. The van der Waals surface area contributed by atoms with E-state index in [1.165, 1.54) is 22.3 Å². The van der Waals surface area contributed by atoms with Crippen LogP contribution in [0.1, 0.15) is 64.2 Å². The molecule has 1 amide bonds. The Labute approximate surface area is 218 Å². The zero-order valence-electron chi connectivity index (χ0n) is 21.7. The third kappa shape index (κ3) is 4.01. The molecule has 0 radical (unpaired) electrons. The van der Waals surface area contributed by atoms with Crippen molar-refractivity contribution in [2.45, 2.75) is 57.5 Å². The molecule has 2 unspecified atom stereocenters. The molecule has 3 aromatic carbocycles. The van der Waals surface area contributed by atoms with Gasteiger partial charge in [-0.3, -0.25) is 4.79 Å².